The molecular formula is C17H15Cl2F3N2O7. The third-order valence-electron chi connectivity index (χ3n) is 4.00. The fourth-order valence-corrected chi connectivity index (χ4v) is 3.18. The van der Waals surface area contributed by atoms with Crippen molar-refractivity contribution in [2.75, 3.05) is 26.3 Å². The molecule has 0 fully saturated rings. The average Bonchev–Trinajstić information content (AvgIpc) is 2.64. The lowest BCUT2D eigenvalue weighted by molar-refractivity contribution is -0.757. The molecule has 0 saturated heterocycles. The summed E-state index contributed by atoms with van der Waals surface area (Å²) in [6, 6.07) is 2.47. The first-order valence-corrected chi connectivity index (χ1v) is 9.29. The van der Waals surface area contributed by atoms with Gasteiger partial charge in [0.05, 0.1) is 17.1 Å². The minimum atomic E-state index is -4.95. The summed E-state index contributed by atoms with van der Waals surface area (Å²) < 4.78 is 50.2. The van der Waals surface area contributed by atoms with Crippen LogP contribution in [0.3, 0.4) is 0 Å². The number of carbonyl (C=O) groups is 2. The van der Waals surface area contributed by atoms with Crippen LogP contribution in [0.25, 0.3) is 6.08 Å². The van der Waals surface area contributed by atoms with Crippen LogP contribution in [0.2, 0.25) is 10.0 Å². The van der Waals surface area contributed by atoms with Crippen molar-refractivity contribution in [2.24, 2.45) is 0 Å². The highest BCUT2D eigenvalue weighted by atomic mass is 35.5. The number of ether oxygens (including phenoxy) is 2. The standard InChI is InChI=1S/C17H15Cl2F3N2O7/c1-9(25)23(3-5-30-24(27)28)2-4-29-16(26)12-7-10-6-11(18)8-13(19)14(10)31-15(12)17(20,21)22/h6-8,15H,2-5H2,1H3/t15-/m0/s1. The van der Waals surface area contributed by atoms with E-state index in [2.05, 4.69) is 4.84 Å². The normalized spacial score (nSPS) is 15.3. The summed E-state index contributed by atoms with van der Waals surface area (Å²) in [7, 11) is 0. The molecule has 1 amide bonds. The van der Waals surface area contributed by atoms with Crippen LogP contribution in [0.15, 0.2) is 17.7 Å². The van der Waals surface area contributed by atoms with Crippen molar-refractivity contribution in [3.8, 4) is 5.75 Å². The smallest absolute Gasteiger partial charge is 0.430 e. The van der Waals surface area contributed by atoms with Crippen LogP contribution < -0.4 is 4.74 Å². The number of amides is 1. The number of carbonyl (C=O) groups excluding carboxylic acids is 2. The fraction of sp³-hybridized carbons (Fsp3) is 0.412. The fourth-order valence-electron chi connectivity index (χ4n) is 2.63. The van der Waals surface area contributed by atoms with Gasteiger partial charge < -0.3 is 19.2 Å². The van der Waals surface area contributed by atoms with Gasteiger partial charge in [0.1, 0.15) is 19.0 Å². The molecule has 1 aromatic carbocycles. The maximum Gasteiger partial charge on any atom is 0.430 e. The van der Waals surface area contributed by atoms with Crippen LogP contribution in [-0.2, 0) is 19.2 Å². The van der Waals surface area contributed by atoms with Crippen molar-refractivity contribution >= 4 is 41.2 Å². The van der Waals surface area contributed by atoms with Crippen molar-refractivity contribution in [3.05, 3.63) is 43.4 Å². The Balaban J connectivity index is 2.12. The van der Waals surface area contributed by atoms with Crippen LogP contribution >= 0.6 is 23.2 Å². The molecule has 31 heavy (non-hydrogen) atoms. The lowest BCUT2D eigenvalue weighted by atomic mass is 10.0. The maximum absolute atomic E-state index is 13.5. The molecule has 14 heteroatoms. The molecule has 0 bridgehead atoms. The molecule has 0 aromatic heterocycles. The van der Waals surface area contributed by atoms with Crippen LogP contribution in [0.5, 0.6) is 5.75 Å². The molecule has 0 N–H and O–H groups in total. The highest BCUT2D eigenvalue weighted by Gasteiger charge is 2.49. The molecule has 2 rings (SSSR count). The van der Waals surface area contributed by atoms with Gasteiger partial charge in [0, 0.05) is 24.1 Å². The molecule has 0 spiro atoms. The lowest BCUT2D eigenvalue weighted by Crippen LogP contribution is -2.41. The predicted molar refractivity (Wildman–Crippen MR) is 101 cm³/mol. The van der Waals surface area contributed by atoms with Gasteiger partial charge in [-0.25, -0.2) is 4.79 Å². The van der Waals surface area contributed by atoms with Gasteiger partial charge in [-0.1, -0.05) is 23.2 Å². The van der Waals surface area contributed by atoms with Gasteiger partial charge in [-0.05, 0) is 18.2 Å². The third kappa shape index (κ3) is 6.62. The largest absolute Gasteiger partial charge is 0.474 e. The zero-order valence-corrected chi connectivity index (χ0v) is 17.3. The van der Waals surface area contributed by atoms with E-state index in [1.807, 2.05) is 0 Å². The Morgan fingerprint density at radius 2 is 1.90 bits per heavy atom. The van der Waals surface area contributed by atoms with E-state index in [1.54, 1.807) is 0 Å². The molecule has 1 aliphatic heterocycles. The molecule has 9 nitrogen and oxygen atoms in total. The number of nitrogens with zero attached hydrogens (tertiary/aromatic N) is 2. The number of esters is 1. The summed E-state index contributed by atoms with van der Waals surface area (Å²) in [6.07, 6.45) is -6.65. The van der Waals surface area contributed by atoms with Gasteiger partial charge in [-0.2, -0.15) is 13.2 Å². The van der Waals surface area contributed by atoms with E-state index in [0.717, 1.165) is 17.9 Å². The van der Waals surface area contributed by atoms with E-state index < -0.39 is 48.0 Å². The number of alkyl halides is 3. The lowest BCUT2D eigenvalue weighted by Gasteiger charge is -2.28. The summed E-state index contributed by atoms with van der Waals surface area (Å²) in [4.78, 5) is 39.2. The molecule has 0 unspecified atom stereocenters. The number of benzene rings is 1. The van der Waals surface area contributed by atoms with Crippen molar-refractivity contribution in [1.29, 1.82) is 0 Å². The van der Waals surface area contributed by atoms with Crippen LogP contribution in [0.1, 0.15) is 12.5 Å². The molecule has 1 aliphatic rings. The summed E-state index contributed by atoms with van der Waals surface area (Å²) in [6.45, 7) is -0.137. The minimum absolute atomic E-state index is 0.0623. The second kappa shape index (κ2) is 10.1. The Morgan fingerprint density at radius 1 is 1.26 bits per heavy atom. The Bertz CT molecular complexity index is 908. The number of hydrogen-bond donors (Lipinski definition) is 0. The van der Waals surface area contributed by atoms with Gasteiger partial charge in [0.25, 0.3) is 5.09 Å². The van der Waals surface area contributed by atoms with Crippen molar-refractivity contribution < 1.29 is 42.2 Å². The molecule has 0 aliphatic carbocycles. The minimum Gasteiger partial charge on any atom is -0.474 e. The highest BCUT2D eigenvalue weighted by Crippen LogP contribution is 2.42. The Labute approximate surface area is 183 Å². The highest BCUT2D eigenvalue weighted by molar-refractivity contribution is 6.36. The third-order valence-corrected chi connectivity index (χ3v) is 4.50. The summed E-state index contributed by atoms with van der Waals surface area (Å²) in [5.74, 6) is -2.11. The molecule has 1 atom stereocenters. The Kier molecular flexibility index (Phi) is 7.96. The van der Waals surface area contributed by atoms with E-state index in [1.165, 1.54) is 12.1 Å². The Morgan fingerprint density at radius 3 is 2.48 bits per heavy atom. The average molecular weight is 487 g/mol. The van der Waals surface area contributed by atoms with Crippen LogP contribution in [-0.4, -0.2) is 60.4 Å². The first-order valence-electron chi connectivity index (χ1n) is 8.54. The molecule has 1 heterocycles. The van der Waals surface area contributed by atoms with E-state index in [-0.39, 0.29) is 34.4 Å². The number of halogens is 5. The molecule has 170 valence electrons. The van der Waals surface area contributed by atoms with Gasteiger partial charge in [0.15, 0.2) is 0 Å². The van der Waals surface area contributed by atoms with Crippen molar-refractivity contribution in [2.45, 2.75) is 19.2 Å². The first-order chi connectivity index (χ1) is 14.4. The van der Waals surface area contributed by atoms with E-state index in [9.17, 15) is 32.9 Å². The zero-order chi connectivity index (χ0) is 23.3. The van der Waals surface area contributed by atoms with Gasteiger partial charge in [-0.15, -0.1) is 10.1 Å². The number of fused-ring (bicyclic) bond motifs is 1. The van der Waals surface area contributed by atoms with E-state index >= 15 is 0 Å². The summed E-state index contributed by atoms with van der Waals surface area (Å²) in [5, 5.41) is 9.08. The van der Waals surface area contributed by atoms with E-state index in [0.29, 0.717) is 0 Å². The van der Waals surface area contributed by atoms with Gasteiger partial charge in [0.2, 0.25) is 12.0 Å². The molecule has 1 aromatic rings. The maximum atomic E-state index is 13.5. The van der Waals surface area contributed by atoms with Crippen molar-refractivity contribution in [1.82, 2.24) is 4.90 Å². The second-order valence-electron chi connectivity index (χ2n) is 6.14. The zero-order valence-electron chi connectivity index (χ0n) is 15.8. The SMILES string of the molecule is CC(=O)N(CCOC(=O)C1=Cc2cc(Cl)cc(Cl)c2O[C@@H]1C(F)(F)F)CCO[N+](=O)[O-]. The van der Waals surface area contributed by atoms with Crippen molar-refractivity contribution in [3.63, 3.8) is 0 Å². The first kappa shape index (κ1) is 24.5. The summed E-state index contributed by atoms with van der Waals surface area (Å²) >= 11 is 11.7. The van der Waals surface area contributed by atoms with Gasteiger partial charge in [-0.3, -0.25) is 4.79 Å². The second-order valence-corrected chi connectivity index (χ2v) is 6.99. The molecule has 0 saturated carbocycles. The van der Waals surface area contributed by atoms with Gasteiger partial charge >= 0.3 is 12.1 Å². The predicted octanol–water partition coefficient (Wildman–Crippen LogP) is 3.30. The quantitative estimate of drug-likeness (QED) is 0.315. The van der Waals surface area contributed by atoms with Crippen LogP contribution in [0, 0.1) is 10.1 Å². The molecular weight excluding hydrogens is 472 g/mol. The summed E-state index contributed by atoms with van der Waals surface area (Å²) in [5.41, 5.74) is -0.767. The topological polar surface area (TPSA) is 108 Å². The monoisotopic (exact) mass is 486 g/mol. The number of hydrogen-bond acceptors (Lipinski definition) is 7. The Hall–Kier alpha value is -2.73. The molecule has 0 radical (unpaired) electrons. The number of rotatable bonds is 8. The van der Waals surface area contributed by atoms with E-state index in [4.69, 9.17) is 32.7 Å². The van der Waals surface area contributed by atoms with Crippen LogP contribution in [0.4, 0.5) is 13.2 Å².